The molecule has 2 heterocycles. The van der Waals surface area contributed by atoms with Crippen molar-refractivity contribution in [2.24, 2.45) is 0 Å². The molecule has 0 N–H and O–H groups in total. The summed E-state index contributed by atoms with van der Waals surface area (Å²) in [5, 5.41) is 0. The molecular weight excluding hydrogens is 240 g/mol. The minimum absolute atomic E-state index is 0.468. The van der Waals surface area contributed by atoms with Crippen molar-refractivity contribution >= 4 is 0 Å². The van der Waals surface area contributed by atoms with Crippen LogP contribution >= 0.6 is 0 Å². The van der Waals surface area contributed by atoms with E-state index in [1.165, 1.54) is 31.6 Å². The van der Waals surface area contributed by atoms with E-state index in [1.54, 1.807) is 0 Å². The lowest BCUT2D eigenvalue weighted by Gasteiger charge is -2.30. The summed E-state index contributed by atoms with van der Waals surface area (Å²) in [5.41, 5.74) is 2.28. The number of hydrogen-bond acceptors (Lipinski definition) is 4. The molecule has 0 unspecified atom stereocenters. The standard InChI is InChI=1S/C15H24N2O2/c1-3-17-9-7-14(8-10-17)15-6-5-13(11-16-15)12-19-18-4-2/h5-6,11,14H,3-4,7-10,12H2,1-2H3. The van der Waals surface area contributed by atoms with E-state index in [4.69, 9.17) is 9.78 Å². The smallest absolute Gasteiger partial charge is 0.109 e. The molecule has 1 fully saturated rings. The van der Waals surface area contributed by atoms with Gasteiger partial charge in [0.05, 0.1) is 6.61 Å². The van der Waals surface area contributed by atoms with E-state index in [-0.39, 0.29) is 0 Å². The molecule has 106 valence electrons. The number of likely N-dealkylation sites (tertiary alicyclic amines) is 1. The zero-order valence-corrected chi connectivity index (χ0v) is 12.0. The van der Waals surface area contributed by atoms with E-state index in [0.717, 1.165) is 12.1 Å². The van der Waals surface area contributed by atoms with Gasteiger partial charge in [-0.05, 0) is 51.0 Å². The molecule has 0 aliphatic carbocycles. The van der Waals surface area contributed by atoms with Crippen LogP contribution in [0.3, 0.4) is 0 Å². The van der Waals surface area contributed by atoms with Crippen molar-refractivity contribution in [2.45, 2.75) is 39.2 Å². The van der Waals surface area contributed by atoms with Crippen LogP contribution in [0.25, 0.3) is 0 Å². The number of pyridine rings is 1. The van der Waals surface area contributed by atoms with Gasteiger partial charge in [-0.15, -0.1) is 0 Å². The first-order chi connectivity index (χ1) is 9.33. The molecule has 0 atom stereocenters. The van der Waals surface area contributed by atoms with Crippen LogP contribution in [0.1, 0.15) is 43.9 Å². The molecule has 1 aliphatic heterocycles. The van der Waals surface area contributed by atoms with Crippen LogP contribution in [0.4, 0.5) is 0 Å². The minimum atomic E-state index is 0.468. The molecule has 0 amide bonds. The van der Waals surface area contributed by atoms with Gasteiger partial charge >= 0.3 is 0 Å². The Labute approximate surface area is 115 Å². The summed E-state index contributed by atoms with van der Waals surface area (Å²) in [6, 6.07) is 4.23. The molecule has 4 nitrogen and oxygen atoms in total. The van der Waals surface area contributed by atoms with Crippen molar-refractivity contribution in [3.8, 4) is 0 Å². The van der Waals surface area contributed by atoms with E-state index < -0.39 is 0 Å². The number of hydrogen-bond donors (Lipinski definition) is 0. The summed E-state index contributed by atoms with van der Waals surface area (Å²) in [6.45, 7) is 8.72. The van der Waals surface area contributed by atoms with Crippen molar-refractivity contribution in [1.82, 2.24) is 9.88 Å². The van der Waals surface area contributed by atoms with Gasteiger partial charge in [0.25, 0.3) is 0 Å². The SMILES string of the molecule is CCOOCc1ccc(C2CCN(CC)CC2)nc1. The minimum Gasteiger partial charge on any atom is -0.304 e. The summed E-state index contributed by atoms with van der Waals surface area (Å²) in [6.07, 6.45) is 4.34. The van der Waals surface area contributed by atoms with Crippen LogP contribution in [-0.2, 0) is 16.4 Å². The van der Waals surface area contributed by atoms with Gasteiger partial charge in [0.15, 0.2) is 0 Å². The molecule has 0 saturated carbocycles. The fourth-order valence-corrected chi connectivity index (χ4v) is 2.50. The predicted octanol–water partition coefficient (Wildman–Crippen LogP) is 2.75. The molecule has 1 aromatic rings. The predicted molar refractivity (Wildman–Crippen MR) is 74.7 cm³/mol. The van der Waals surface area contributed by atoms with Crippen molar-refractivity contribution in [1.29, 1.82) is 0 Å². The lowest BCUT2D eigenvalue weighted by molar-refractivity contribution is -0.300. The van der Waals surface area contributed by atoms with Crippen molar-refractivity contribution in [3.05, 3.63) is 29.6 Å². The number of aromatic nitrogens is 1. The van der Waals surface area contributed by atoms with Crippen molar-refractivity contribution in [3.63, 3.8) is 0 Å². The second-order valence-corrected chi connectivity index (χ2v) is 4.97. The van der Waals surface area contributed by atoms with E-state index in [2.05, 4.69) is 28.9 Å². The maximum atomic E-state index is 5.04. The third-order valence-corrected chi connectivity index (χ3v) is 3.73. The summed E-state index contributed by atoms with van der Waals surface area (Å²) in [4.78, 5) is 17.0. The Hall–Kier alpha value is -0.970. The third kappa shape index (κ3) is 4.27. The molecule has 4 heteroatoms. The van der Waals surface area contributed by atoms with Gasteiger partial charge in [0.2, 0.25) is 0 Å². The van der Waals surface area contributed by atoms with Crippen LogP contribution in [-0.4, -0.2) is 36.1 Å². The summed E-state index contributed by atoms with van der Waals surface area (Å²) in [7, 11) is 0. The Kier molecular flexibility index (Phi) is 5.76. The Bertz CT molecular complexity index is 359. The summed E-state index contributed by atoms with van der Waals surface area (Å²) >= 11 is 0. The van der Waals surface area contributed by atoms with Gasteiger partial charge in [-0.1, -0.05) is 13.0 Å². The lowest BCUT2D eigenvalue weighted by atomic mass is 9.93. The van der Waals surface area contributed by atoms with Gasteiger partial charge in [0, 0.05) is 17.8 Å². The Balaban J connectivity index is 1.84. The number of nitrogens with zero attached hydrogens (tertiary/aromatic N) is 2. The second-order valence-electron chi connectivity index (χ2n) is 4.97. The quantitative estimate of drug-likeness (QED) is 0.449. The van der Waals surface area contributed by atoms with Gasteiger partial charge in [0.1, 0.15) is 6.61 Å². The van der Waals surface area contributed by atoms with E-state index in [0.29, 0.717) is 19.1 Å². The molecule has 0 spiro atoms. The Morgan fingerprint density at radius 1 is 1.21 bits per heavy atom. The first-order valence-electron chi connectivity index (χ1n) is 7.25. The van der Waals surface area contributed by atoms with Gasteiger partial charge in [-0.25, -0.2) is 9.78 Å². The van der Waals surface area contributed by atoms with Crippen LogP contribution in [0.5, 0.6) is 0 Å². The maximum Gasteiger partial charge on any atom is 0.109 e. The van der Waals surface area contributed by atoms with E-state index in [1.807, 2.05) is 13.1 Å². The van der Waals surface area contributed by atoms with Gasteiger partial charge < -0.3 is 4.90 Å². The van der Waals surface area contributed by atoms with Crippen LogP contribution in [0.2, 0.25) is 0 Å². The zero-order valence-electron chi connectivity index (χ0n) is 12.0. The molecule has 1 aliphatic rings. The molecule has 19 heavy (non-hydrogen) atoms. The Morgan fingerprint density at radius 2 is 2.00 bits per heavy atom. The Morgan fingerprint density at radius 3 is 2.58 bits per heavy atom. The second kappa shape index (κ2) is 7.58. The van der Waals surface area contributed by atoms with Crippen LogP contribution < -0.4 is 0 Å². The molecule has 0 radical (unpaired) electrons. The fraction of sp³-hybridized carbons (Fsp3) is 0.667. The highest BCUT2D eigenvalue weighted by Crippen LogP contribution is 2.26. The van der Waals surface area contributed by atoms with E-state index >= 15 is 0 Å². The van der Waals surface area contributed by atoms with Crippen LogP contribution in [0, 0.1) is 0 Å². The number of piperidine rings is 1. The molecule has 0 aromatic carbocycles. The largest absolute Gasteiger partial charge is 0.304 e. The monoisotopic (exact) mass is 264 g/mol. The average molecular weight is 264 g/mol. The molecule has 1 aromatic heterocycles. The van der Waals surface area contributed by atoms with Crippen molar-refractivity contribution < 1.29 is 9.78 Å². The maximum absolute atomic E-state index is 5.04. The third-order valence-electron chi connectivity index (χ3n) is 3.73. The topological polar surface area (TPSA) is 34.6 Å². The molecule has 2 rings (SSSR count). The first kappa shape index (κ1) is 14.4. The zero-order chi connectivity index (χ0) is 13.5. The van der Waals surface area contributed by atoms with Gasteiger partial charge in [-0.3, -0.25) is 4.98 Å². The van der Waals surface area contributed by atoms with Crippen molar-refractivity contribution in [2.75, 3.05) is 26.2 Å². The lowest BCUT2D eigenvalue weighted by Crippen LogP contribution is -2.32. The van der Waals surface area contributed by atoms with Gasteiger partial charge in [-0.2, -0.15) is 0 Å². The van der Waals surface area contributed by atoms with Crippen LogP contribution in [0.15, 0.2) is 18.3 Å². The summed E-state index contributed by atoms with van der Waals surface area (Å²) < 4.78 is 0. The fourth-order valence-electron chi connectivity index (χ4n) is 2.50. The highest BCUT2D eigenvalue weighted by molar-refractivity contribution is 5.16. The number of rotatable bonds is 6. The first-order valence-corrected chi connectivity index (χ1v) is 7.25. The molecule has 0 bridgehead atoms. The van der Waals surface area contributed by atoms with E-state index in [9.17, 15) is 0 Å². The normalized spacial score (nSPS) is 17.8. The molecular formula is C15H24N2O2. The molecule has 1 saturated heterocycles. The summed E-state index contributed by atoms with van der Waals surface area (Å²) in [5.74, 6) is 0.615. The highest BCUT2D eigenvalue weighted by Gasteiger charge is 2.20. The highest BCUT2D eigenvalue weighted by atomic mass is 17.2. The average Bonchev–Trinajstić information content (AvgIpc) is 2.48.